The number of hydrogen-bond acceptors (Lipinski definition) is 7. The molecule has 2 amide bonds. The highest BCUT2D eigenvalue weighted by Gasteiger charge is 2.60. The highest BCUT2D eigenvalue weighted by Crippen LogP contribution is 2.54. The number of carbonyl (C=O) groups excluding carboxylic acids is 2. The van der Waals surface area contributed by atoms with Gasteiger partial charge >= 0.3 is 0 Å². The third-order valence-electron chi connectivity index (χ3n) is 8.95. The number of likely N-dealkylation sites (tertiary alicyclic amines) is 2. The van der Waals surface area contributed by atoms with Gasteiger partial charge in [0.2, 0.25) is 5.91 Å². The Bertz CT molecular complexity index is 1140. The number of aromatic nitrogens is 2. The largest absolute Gasteiger partial charge is 0.381 e. The maximum absolute atomic E-state index is 13.1. The maximum Gasteiger partial charge on any atom is 0.265 e. The van der Waals surface area contributed by atoms with Crippen LogP contribution in [0.2, 0.25) is 0 Å². The predicted octanol–water partition coefficient (Wildman–Crippen LogP) is 3.60. The molecule has 0 bridgehead atoms. The second kappa shape index (κ2) is 9.75. The van der Waals surface area contributed by atoms with Gasteiger partial charge in [0.05, 0.1) is 24.9 Å². The summed E-state index contributed by atoms with van der Waals surface area (Å²) in [5.41, 5.74) is 3.98. The number of carbonyl (C=O) groups is 2. The molecule has 37 heavy (non-hydrogen) atoms. The number of ether oxygens (including phenoxy) is 2. The summed E-state index contributed by atoms with van der Waals surface area (Å²) in [5.74, 6) is 1.10. The highest BCUT2D eigenvalue weighted by atomic mass is 32.1. The van der Waals surface area contributed by atoms with E-state index in [1.54, 1.807) is 11.7 Å². The van der Waals surface area contributed by atoms with Gasteiger partial charge in [-0.15, -0.1) is 11.3 Å². The van der Waals surface area contributed by atoms with E-state index >= 15 is 0 Å². The zero-order valence-electron chi connectivity index (χ0n) is 21.7. The van der Waals surface area contributed by atoms with Crippen molar-refractivity contribution in [3.05, 3.63) is 46.2 Å². The lowest BCUT2D eigenvalue weighted by Gasteiger charge is -2.51. The number of pyridine rings is 1. The fourth-order valence-electron chi connectivity index (χ4n) is 6.35. The summed E-state index contributed by atoms with van der Waals surface area (Å²) in [6.07, 6.45) is 6.52. The van der Waals surface area contributed by atoms with Crippen LogP contribution in [0.5, 0.6) is 0 Å². The second-order valence-corrected chi connectivity index (χ2v) is 12.9. The van der Waals surface area contributed by atoms with Crippen molar-refractivity contribution < 1.29 is 19.1 Å². The molecule has 6 rings (SSSR count). The molecule has 2 atom stereocenters. The van der Waals surface area contributed by atoms with Crippen LogP contribution in [0.25, 0.3) is 0 Å². The zero-order chi connectivity index (χ0) is 25.6. The van der Waals surface area contributed by atoms with Crippen LogP contribution in [-0.2, 0) is 20.9 Å². The average Bonchev–Trinajstić information content (AvgIpc) is 3.26. The summed E-state index contributed by atoms with van der Waals surface area (Å²) < 4.78 is 11.8. The lowest BCUT2D eigenvalue weighted by molar-refractivity contribution is -0.148. The van der Waals surface area contributed by atoms with Gasteiger partial charge in [0, 0.05) is 74.5 Å². The zero-order valence-corrected chi connectivity index (χ0v) is 22.5. The second-order valence-electron chi connectivity index (χ2n) is 12.0. The minimum atomic E-state index is -0.0967. The topological polar surface area (TPSA) is 84.9 Å². The van der Waals surface area contributed by atoms with Crippen molar-refractivity contribution in [3.8, 4) is 0 Å². The fourth-order valence-corrected chi connectivity index (χ4v) is 6.94. The molecule has 198 valence electrons. The van der Waals surface area contributed by atoms with E-state index in [2.05, 4.69) is 29.9 Å². The molecule has 0 radical (unpaired) electrons. The molecule has 4 aliphatic rings. The van der Waals surface area contributed by atoms with Crippen LogP contribution in [0.4, 0.5) is 0 Å². The van der Waals surface area contributed by atoms with E-state index in [0.29, 0.717) is 50.2 Å². The van der Waals surface area contributed by atoms with Gasteiger partial charge in [0.25, 0.3) is 5.91 Å². The van der Waals surface area contributed by atoms with Crippen LogP contribution in [0.15, 0.2) is 30.0 Å². The van der Waals surface area contributed by atoms with Crippen molar-refractivity contribution >= 4 is 23.2 Å². The number of nitrogens with zero attached hydrogens (tertiary/aromatic N) is 4. The first-order valence-corrected chi connectivity index (χ1v) is 14.3. The van der Waals surface area contributed by atoms with Gasteiger partial charge in [-0.05, 0) is 42.4 Å². The molecule has 1 unspecified atom stereocenters. The molecule has 1 aliphatic carbocycles. The van der Waals surface area contributed by atoms with Gasteiger partial charge in [0.15, 0.2) is 0 Å². The van der Waals surface area contributed by atoms with Crippen molar-refractivity contribution in [3.63, 3.8) is 0 Å². The Morgan fingerprint density at radius 1 is 1.19 bits per heavy atom. The van der Waals surface area contributed by atoms with E-state index in [4.69, 9.17) is 9.47 Å². The Hall–Kier alpha value is -2.36. The minimum Gasteiger partial charge on any atom is -0.381 e. The van der Waals surface area contributed by atoms with Crippen LogP contribution in [0.1, 0.15) is 60.0 Å². The molecule has 9 heteroatoms. The Morgan fingerprint density at radius 2 is 1.95 bits per heavy atom. The number of thiazole rings is 1. The van der Waals surface area contributed by atoms with Gasteiger partial charge in [-0.3, -0.25) is 19.6 Å². The predicted molar refractivity (Wildman–Crippen MR) is 139 cm³/mol. The Kier molecular flexibility index (Phi) is 6.57. The summed E-state index contributed by atoms with van der Waals surface area (Å²) >= 11 is 1.38. The van der Waals surface area contributed by atoms with E-state index < -0.39 is 0 Å². The molecular formula is C28H36N4O4S. The van der Waals surface area contributed by atoms with Crippen LogP contribution >= 0.6 is 11.3 Å². The van der Waals surface area contributed by atoms with Crippen molar-refractivity contribution in [2.45, 2.75) is 45.6 Å². The molecule has 1 saturated carbocycles. The first kappa shape index (κ1) is 24.9. The van der Waals surface area contributed by atoms with Gasteiger partial charge in [-0.2, -0.15) is 0 Å². The Labute approximate surface area is 222 Å². The molecule has 0 N–H and O–H groups in total. The van der Waals surface area contributed by atoms with E-state index in [0.717, 1.165) is 43.7 Å². The van der Waals surface area contributed by atoms with E-state index in [-0.39, 0.29) is 34.5 Å². The van der Waals surface area contributed by atoms with Crippen molar-refractivity contribution in [2.75, 3.05) is 46.0 Å². The quantitative estimate of drug-likeness (QED) is 0.550. The molecule has 3 aliphatic heterocycles. The molecule has 8 nitrogen and oxygen atoms in total. The fraction of sp³-hybridized carbons (Fsp3) is 0.643. The SMILES string of the molecule is CC1(C)C[C@@H]1C(=O)N1CC2(CN(C(=O)c3cncs3)CC2COCc2ccnc(C3CCOCC3)c2)C1. The van der Waals surface area contributed by atoms with Crippen LogP contribution in [0.3, 0.4) is 0 Å². The van der Waals surface area contributed by atoms with Gasteiger partial charge in [-0.1, -0.05) is 13.8 Å². The molecule has 2 aromatic rings. The van der Waals surface area contributed by atoms with Crippen LogP contribution in [-0.4, -0.2) is 77.6 Å². The summed E-state index contributed by atoms with van der Waals surface area (Å²) in [6.45, 7) is 9.75. The van der Waals surface area contributed by atoms with Crippen LogP contribution in [0, 0.1) is 22.7 Å². The number of hydrogen-bond donors (Lipinski definition) is 0. The lowest BCUT2D eigenvalue weighted by atomic mass is 9.71. The molecule has 2 aromatic heterocycles. The summed E-state index contributed by atoms with van der Waals surface area (Å²) in [4.78, 5) is 39.5. The van der Waals surface area contributed by atoms with Crippen molar-refractivity contribution in [1.82, 2.24) is 19.8 Å². The molecule has 4 fully saturated rings. The monoisotopic (exact) mass is 524 g/mol. The number of rotatable bonds is 7. The summed E-state index contributed by atoms with van der Waals surface area (Å²) in [6, 6.07) is 4.19. The number of amides is 2. The molecule has 0 aromatic carbocycles. The van der Waals surface area contributed by atoms with Gasteiger partial charge in [0.1, 0.15) is 4.88 Å². The Morgan fingerprint density at radius 3 is 2.65 bits per heavy atom. The molecule has 3 saturated heterocycles. The van der Waals surface area contributed by atoms with E-state index in [9.17, 15) is 9.59 Å². The maximum atomic E-state index is 13.1. The highest BCUT2D eigenvalue weighted by molar-refractivity contribution is 7.11. The third-order valence-corrected chi connectivity index (χ3v) is 9.71. The standard InChI is InChI=1S/C28H36N4O4S/c1-27(2)10-22(27)25(33)32-16-28(17-32)15-31(26(34)24-11-29-18-37-24)12-21(28)14-36-13-19-3-6-30-23(9-19)20-4-7-35-8-5-20/h3,6,9,11,18,20-22H,4-5,7-8,10,12-17H2,1-2H3/t21?,22-/m1/s1. The minimum absolute atomic E-state index is 0.0349. The summed E-state index contributed by atoms with van der Waals surface area (Å²) in [5, 5.41) is 0. The smallest absolute Gasteiger partial charge is 0.265 e. The molecular weight excluding hydrogens is 488 g/mol. The Balaban J connectivity index is 1.10. The van der Waals surface area contributed by atoms with Gasteiger partial charge in [-0.25, -0.2) is 0 Å². The average molecular weight is 525 g/mol. The van der Waals surface area contributed by atoms with E-state index in [1.807, 2.05) is 22.1 Å². The van der Waals surface area contributed by atoms with Crippen LogP contribution < -0.4 is 0 Å². The molecule has 1 spiro atoms. The van der Waals surface area contributed by atoms with Gasteiger partial charge < -0.3 is 19.3 Å². The molecule has 5 heterocycles. The van der Waals surface area contributed by atoms with Crippen molar-refractivity contribution in [2.24, 2.45) is 22.7 Å². The summed E-state index contributed by atoms with van der Waals surface area (Å²) in [7, 11) is 0. The lowest BCUT2D eigenvalue weighted by Crippen LogP contribution is -2.63. The third kappa shape index (κ3) is 4.93. The van der Waals surface area contributed by atoms with Crippen molar-refractivity contribution in [1.29, 1.82) is 0 Å². The first-order valence-electron chi connectivity index (χ1n) is 13.4. The normalized spacial score (nSPS) is 26.3. The first-order chi connectivity index (χ1) is 17.8. The van der Waals surface area contributed by atoms with E-state index in [1.165, 1.54) is 11.3 Å².